The fourth-order valence-corrected chi connectivity index (χ4v) is 4.96. The van der Waals surface area contributed by atoms with Gasteiger partial charge in [-0.15, -0.1) is 0 Å². The van der Waals surface area contributed by atoms with Crippen molar-refractivity contribution in [3.05, 3.63) is 69.9 Å². The van der Waals surface area contributed by atoms with E-state index in [0.29, 0.717) is 17.2 Å². The summed E-state index contributed by atoms with van der Waals surface area (Å²) in [5.41, 5.74) is 4.97. The van der Waals surface area contributed by atoms with Crippen molar-refractivity contribution in [1.82, 2.24) is 29.6 Å². The summed E-state index contributed by atoms with van der Waals surface area (Å²) in [4.78, 5) is 27.3. The summed E-state index contributed by atoms with van der Waals surface area (Å²) < 4.78 is 3.53. The normalized spacial score (nSPS) is 15.3. The van der Waals surface area contributed by atoms with Gasteiger partial charge in [-0.2, -0.15) is 0 Å². The molecule has 8 heteroatoms. The molecule has 0 bridgehead atoms. The van der Waals surface area contributed by atoms with Crippen LogP contribution in [0.5, 0.6) is 0 Å². The van der Waals surface area contributed by atoms with Crippen molar-refractivity contribution in [2.45, 2.75) is 71.9 Å². The summed E-state index contributed by atoms with van der Waals surface area (Å²) in [5.74, 6) is 1.14. The van der Waals surface area contributed by atoms with Gasteiger partial charge in [0, 0.05) is 41.1 Å². The summed E-state index contributed by atoms with van der Waals surface area (Å²) in [5, 5.41) is 7.56. The zero-order chi connectivity index (χ0) is 25.8. The number of rotatable bonds is 4. The number of nitrogens with one attached hydrogen (secondary N) is 2. The lowest BCUT2D eigenvalue weighted by molar-refractivity contribution is 0.382. The second-order valence-electron chi connectivity index (χ2n) is 11.4. The zero-order valence-corrected chi connectivity index (χ0v) is 22.2. The van der Waals surface area contributed by atoms with Crippen molar-refractivity contribution in [3.63, 3.8) is 0 Å². The first-order chi connectivity index (χ1) is 17.0. The first kappa shape index (κ1) is 24.2. The number of hydrogen-bond acceptors (Lipinski definition) is 6. The molecule has 0 aliphatic carbocycles. The third kappa shape index (κ3) is 4.19. The summed E-state index contributed by atoms with van der Waals surface area (Å²) in [6.45, 7) is 15.7. The highest BCUT2D eigenvalue weighted by molar-refractivity contribution is 5.82. The van der Waals surface area contributed by atoms with Gasteiger partial charge in [0.1, 0.15) is 5.82 Å². The highest BCUT2D eigenvalue weighted by Crippen LogP contribution is 2.31. The first-order valence-corrected chi connectivity index (χ1v) is 12.6. The second kappa shape index (κ2) is 8.55. The molecule has 4 heterocycles. The molecule has 0 amide bonds. The third-order valence-corrected chi connectivity index (χ3v) is 6.87. The van der Waals surface area contributed by atoms with Crippen LogP contribution in [0.3, 0.4) is 0 Å². The molecule has 0 spiro atoms. The molecular formula is C28H35N7O. The number of anilines is 2. The minimum absolute atomic E-state index is 0.0410. The van der Waals surface area contributed by atoms with E-state index in [4.69, 9.17) is 4.98 Å². The van der Waals surface area contributed by atoms with Crippen molar-refractivity contribution in [1.29, 1.82) is 0 Å². The summed E-state index contributed by atoms with van der Waals surface area (Å²) >= 11 is 0. The van der Waals surface area contributed by atoms with Gasteiger partial charge in [-0.05, 0) is 70.0 Å². The predicted molar refractivity (Wildman–Crippen MR) is 144 cm³/mol. The molecule has 0 saturated heterocycles. The minimum atomic E-state index is -0.144. The summed E-state index contributed by atoms with van der Waals surface area (Å²) in [6.07, 6.45) is 4.39. The van der Waals surface area contributed by atoms with E-state index < -0.39 is 0 Å². The molecular weight excluding hydrogens is 450 g/mol. The number of pyridine rings is 1. The lowest BCUT2D eigenvalue weighted by atomic mass is 9.85. The Labute approximate surface area is 211 Å². The van der Waals surface area contributed by atoms with Gasteiger partial charge in [0.25, 0.3) is 5.56 Å². The van der Waals surface area contributed by atoms with Gasteiger partial charge in [-0.1, -0.05) is 26.8 Å². The Bertz CT molecular complexity index is 1500. The molecule has 0 radical (unpaired) electrons. The SMILES string of the molecule is CC(C)n1c(=O)c2cnc(Nc3ccc4c(c3)CCNC4(C)C)cc2n1-c1nccc(C(C)(C)C)n1. The molecule has 0 fully saturated rings. The second-order valence-corrected chi connectivity index (χ2v) is 11.4. The average molecular weight is 486 g/mol. The van der Waals surface area contributed by atoms with Crippen LogP contribution in [0.1, 0.15) is 71.3 Å². The fraction of sp³-hybridized carbons (Fsp3) is 0.429. The van der Waals surface area contributed by atoms with Crippen molar-refractivity contribution in [2.24, 2.45) is 0 Å². The van der Waals surface area contributed by atoms with Gasteiger partial charge in [-0.3, -0.25) is 4.79 Å². The van der Waals surface area contributed by atoms with Crippen molar-refractivity contribution in [3.8, 4) is 5.95 Å². The van der Waals surface area contributed by atoms with E-state index >= 15 is 0 Å². The van der Waals surface area contributed by atoms with E-state index in [1.165, 1.54) is 11.1 Å². The van der Waals surface area contributed by atoms with Gasteiger partial charge in [-0.25, -0.2) is 24.3 Å². The molecule has 2 N–H and O–H groups in total. The molecule has 4 aromatic rings. The predicted octanol–water partition coefficient (Wildman–Crippen LogP) is 4.98. The van der Waals surface area contributed by atoms with Crippen molar-refractivity contribution in [2.75, 3.05) is 11.9 Å². The van der Waals surface area contributed by atoms with Crippen LogP contribution in [0.25, 0.3) is 16.9 Å². The number of hydrogen-bond donors (Lipinski definition) is 2. The lowest BCUT2D eigenvalue weighted by Crippen LogP contribution is -2.42. The Morgan fingerprint density at radius 2 is 1.89 bits per heavy atom. The molecule has 0 atom stereocenters. The van der Waals surface area contributed by atoms with E-state index in [2.05, 4.69) is 73.4 Å². The van der Waals surface area contributed by atoms with Gasteiger partial charge < -0.3 is 10.6 Å². The average Bonchev–Trinajstić information content (AvgIpc) is 3.10. The van der Waals surface area contributed by atoms with Crippen molar-refractivity contribution < 1.29 is 0 Å². The maximum atomic E-state index is 13.4. The Morgan fingerprint density at radius 3 is 2.61 bits per heavy atom. The van der Waals surface area contributed by atoms with Crippen LogP contribution in [0.4, 0.5) is 11.5 Å². The molecule has 1 aliphatic heterocycles. The van der Waals surface area contributed by atoms with Gasteiger partial charge in [0.2, 0.25) is 5.95 Å². The van der Waals surface area contributed by atoms with E-state index in [0.717, 1.165) is 29.9 Å². The quantitative estimate of drug-likeness (QED) is 0.424. The summed E-state index contributed by atoms with van der Waals surface area (Å²) in [6, 6.07) is 10.2. The fourth-order valence-electron chi connectivity index (χ4n) is 4.96. The standard InChI is InChI=1S/C28H35N7O/c1-17(2)34-25(36)20-16-30-24(32-19-8-9-21-18(14-19)10-13-31-28(21,6)7)15-22(20)35(34)26-29-12-11-23(33-26)27(3,4)5/h8-9,11-12,14-17,31H,10,13H2,1-7H3,(H,30,32). The Kier molecular flexibility index (Phi) is 5.75. The van der Waals surface area contributed by atoms with Crippen LogP contribution in [-0.4, -0.2) is 30.9 Å². The molecule has 0 unspecified atom stereocenters. The highest BCUT2D eigenvalue weighted by Gasteiger charge is 2.27. The number of fused-ring (bicyclic) bond motifs is 2. The van der Waals surface area contributed by atoms with Gasteiger partial charge in [0.05, 0.1) is 16.6 Å². The van der Waals surface area contributed by atoms with E-state index in [-0.39, 0.29) is 22.6 Å². The Hall–Kier alpha value is -3.52. The van der Waals surface area contributed by atoms with E-state index in [1.54, 1.807) is 17.1 Å². The third-order valence-electron chi connectivity index (χ3n) is 6.87. The van der Waals surface area contributed by atoms with E-state index in [9.17, 15) is 4.79 Å². The van der Waals surface area contributed by atoms with Crippen LogP contribution < -0.4 is 16.2 Å². The smallest absolute Gasteiger partial charge is 0.276 e. The Morgan fingerprint density at radius 1 is 1.11 bits per heavy atom. The molecule has 1 aromatic carbocycles. The first-order valence-electron chi connectivity index (χ1n) is 12.6. The van der Waals surface area contributed by atoms with Crippen LogP contribution in [-0.2, 0) is 17.4 Å². The van der Waals surface area contributed by atoms with Crippen LogP contribution in [0, 0.1) is 0 Å². The molecule has 36 heavy (non-hydrogen) atoms. The lowest BCUT2D eigenvalue weighted by Gasteiger charge is -2.34. The maximum absolute atomic E-state index is 13.4. The highest BCUT2D eigenvalue weighted by atomic mass is 16.1. The number of aromatic nitrogens is 5. The number of nitrogens with zero attached hydrogens (tertiary/aromatic N) is 5. The molecule has 1 aliphatic rings. The monoisotopic (exact) mass is 485 g/mol. The molecule has 188 valence electrons. The van der Waals surface area contributed by atoms with Gasteiger partial charge >= 0.3 is 0 Å². The topological polar surface area (TPSA) is 89.7 Å². The largest absolute Gasteiger partial charge is 0.340 e. The summed E-state index contributed by atoms with van der Waals surface area (Å²) in [7, 11) is 0. The van der Waals surface area contributed by atoms with Gasteiger partial charge in [0.15, 0.2) is 0 Å². The number of benzene rings is 1. The Balaban J connectivity index is 1.61. The van der Waals surface area contributed by atoms with Crippen molar-refractivity contribution >= 4 is 22.4 Å². The maximum Gasteiger partial charge on any atom is 0.276 e. The van der Waals surface area contributed by atoms with Crippen LogP contribution in [0.15, 0.2) is 47.5 Å². The van der Waals surface area contributed by atoms with Crippen LogP contribution >= 0.6 is 0 Å². The molecule has 8 nitrogen and oxygen atoms in total. The molecule has 3 aromatic heterocycles. The zero-order valence-electron chi connectivity index (χ0n) is 22.2. The van der Waals surface area contributed by atoms with Crippen LogP contribution in [0.2, 0.25) is 0 Å². The molecule has 5 rings (SSSR count). The minimum Gasteiger partial charge on any atom is -0.340 e. The molecule has 0 saturated carbocycles. The van der Waals surface area contributed by atoms with E-state index in [1.807, 2.05) is 30.7 Å².